The van der Waals surface area contributed by atoms with Crippen LogP contribution < -0.4 is 10.2 Å². The number of carbonyl (C=O) groups excluding carboxylic acids is 1. The van der Waals surface area contributed by atoms with E-state index in [1.165, 1.54) is 0 Å². The molecular formula is C22H22ClN5O. The molecule has 0 bridgehead atoms. The maximum absolute atomic E-state index is 12.7. The molecule has 0 saturated carbocycles. The minimum atomic E-state index is -0.0197. The number of piperidine rings is 1. The molecule has 1 amide bonds. The first kappa shape index (κ1) is 19.3. The van der Waals surface area contributed by atoms with Gasteiger partial charge in [-0.25, -0.2) is 0 Å². The Morgan fingerprint density at radius 2 is 1.83 bits per heavy atom. The minimum absolute atomic E-state index is 0.0197. The first-order valence-electron chi connectivity index (χ1n) is 9.67. The lowest BCUT2D eigenvalue weighted by molar-refractivity contribution is -0.120. The van der Waals surface area contributed by atoms with E-state index in [9.17, 15) is 4.79 Å². The molecule has 148 valence electrons. The smallest absolute Gasteiger partial charge is 0.227 e. The predicted molar refractivity (Wildman–Crippen MR) is 115 cm³/mol. The van der Waals surface area contributed by atoms with Crippen LogP contribution in [0.3, 0.4) is 0 Å². The number of anilines is 2. The number of aromatic nitrogens is 3. The van der Waals surface area contributed by atoms with Crippen molar-refractivity contribution in [2.24, 2.45) is 5.92 Å². The minimum Gasteiger partial charge on any atom is -0.355 e. The Bertz CT molecular complexity index is 986. The summed E-state index contributed by atoms with van der Waals surface area (Å²) >= 11 is 6.15. The highest BCUT2D eigenvalue weighted by molar-refractivity contribution is 6.31. The molecule has 1 saturated heterocycles. The molecule has 3 heterocycles. The van der Waals surface area contributed by atoms with E-state index < -0.39 is 0 Å². The van der Waals surface area contributed by atoms with Crippen LogP contribution in [0.4, 0.5) is 11.5 Å². The number of hydrogen-bond donors (Lipinski definition) is 1. The van der Waals surface area contributed by atoms with Gasteiger partial charge in [0.05, 0.1) is 5.69 Å². The van der Waals surface area contributed by atoms with Crippen LogP contribution in [-0.4, -0.2) is 34.2 Å². The highest BCUT2D eigenvalue weighted by Crippen LogP contribution is 2.27. The Hall–Kier alpha value is -2.99. The fourth-order valence-corrected chi connectivity index (χ4v) is 3.69. The highest BCUT2D eigenvalue weighted by Gasteiger charge is 2.26. The van der Waals surface area contributed by atoms with E-state index >= 15 is 0 Å². The molecule has 0 unspecified atom stereocenters. The Balaban J connectivity index is 1.35. The van der Waals surface area contributed by atoms with E-state index in [1.807, 2.05) is 49.4 Å². The normalized spacial score (nSPS) is 14.6. The van der Waals surface area contributed by atoms with Crippen molar-refractivity contribution in [2.45, 2.75) is 19.8 Å². The van der Waals surface area contributed by atoms with Gasteiger partial charge < -0.3 is 10.2 Å². The second kappa shape index (κ2) is 8.57. The maximum Gasteiger partial charge on any atom is 0.227 e. The van der Waals surface area contributed by atoms with Gasteiger partial charge >= 0.3 is 0 Å². The number of halogens is 1. The Morgan fingerprint density at radius 3 is 2.52 bits per heavy atom. The molecule has 0 atom stereocenters. The number of pyridine rings is 1. The standard InChI is InChI=1S/C22H22ClN5O/c1-15-18(23)3-2-4-19(15)25-22(29)17-9-13-28(14-10-17)21-6-5-20(26-27-21)16-7-11-24-12-8-16/h2-8,11-12,17H,9-10,13-14H2,1H3,(H,25,29). The number of benzene rings is 1. The van der Waals surface area contributed by atoms with E-state index in [4.69, 9.17) is 11.6 Å². The van der Waals surface area contributed by atoms with Gasteiger partial charge in [-0.15, -0.1) is 10.2 Å². The summed E-state index contributed by atoms with van der Waals surface area (Å²) in [7, 11) is 0. The molecule has 3 aromatic rings. The van der Waals surface area contributed by atoms with Crippen molar-refractivity contribution in [3.8, 4) is 11.3 Å². The molecule has 1 fully saturated rings. The molecule has 6 nitrogen and oxygen atoms in total. The summed E-state index contributed by atoms with van der Waals surface area (Å²) in [5, 5.41) is 12.4. The largest absolute Gasteiger partial charge is 0.355 e. The monoisotopic (exact) mass is 407 g/mol. The summed E-state index contributed by atoms with van der Waals surface area (Å²) in [5.74, 6) is 0.871. The van der Waals surface area contributed by atoms with E-state index in [0.29, 0.717) is 5.02 Å². The molecule has 2 aromatic heterocycles. The van der Waals surface area contributed by atoms with E-state index in [0.717, 1.165) is 54.3 Å². The van der Waals surface area contributed by atoms with Crippen molar-refractivity contribution in [1.29, 1.82) is 0 Å². The van der Waals surface area contributed by atoms with Gasteiger partial charge in [0, 0.05) is 47.7 Å². The van der Waals surface area contributed by atoms with Crippen molar-refractivity contribution in [2.75, 3.05) is 23.3 Å². The number of hydrogen-bond acceptors (Lipinski definition) is 5. The number of amides is 1. The number of nitrogens with zero attached hydrogens (tertiary/aromatic N) is 4. The summed E-state index contributed by atoms with van der Waals surface area (Å²) in [6.45, 7) is 3.46. The molecule has 0 radical (unpaired) electrons. The SMILES string of the molecule is Cc1c(Cl)cccc1NC(=O)C1CCN(c2ccc(-c3ccncc3)nn2)CC1. The fraction of sp³-hybridized carbons (Fsp3) is 0.273. The van der Waals surface area contributed by atoms with Gasteiger partial charge in [-0.2, -0.15) is 0 Å². The summed E-state index contributed by atoms with van der Waals surface area (Å²) in [6.07, 6.45) is 5.04. The lowest BCUT2D eigenvalue weighted by Gasteiger charge is -2.32. The fourth-order valence-electron chi connectivity index (χ4n) is 3.52. The molecule has 1 aromatic carbocycles. The third-order valence-electron chi connectivity index (χ3n) is 5.34. The molecule has 4 rings (SSSR count). The first-order chi connectivity index (χ1) is 14.1. The van der Waals surface area contributed by atoms with Crippen LogP contribution in [-0.2, 0) is 4.79 Å². The number of rotatable bonds is 4. The van der Waals surface area contributed by atoms with Crippen LogP contribution in [0.15, 0.2) is 54.9 Å². The highest BCUT2D eigenvalue weighted by atomic mass is 35.5. The van der Waals surface area contributed by atoms with Gasteiger partial charge in [-0.1, -0.05) is 17.7 Å². The van der Waals surface area contributed by atoms with Gasteiger partial charge in [-0.3, -0.25) is 9.78 Å². The van der Waals surface area contributed by atoms with Crippen molar-refractivity contribution in [3.63, 3.8) is 0 Å². The first-order valence-corrected chi connectivity index (χ1v) is 10.0. The van der Waals surface area contributed by atoms with Gasteiger partial charge in [0.1, 0.15) is 0 Å². The Labute approximate surface area is 174 Å². The number of carbonyl (C=O) groups is 1. The molecule has 29 heavy (non-hydrogen) atoms. The lowest BCUT2D eigenvalue weighted by Crippen LogP contribution is -2.38. The molecule has 0 aliphatic carbocycles. The molecule has 1 aliphatic heterocycles. The zero-order chi connectivity index (χ0) is 20.2. The average molecular weight is 408 g/mol. The van der Waals surface area contributed by atoms with Gasteiger partial charge in [0.15, 0.2) is 5.82 Å². The zero-order valence-electron chi connectivity index (χ0n) is 16.2. The van der Waals surface area contributed by atoms with Crippen molar-refractivity contribution < 1.29 is 4.79 Å². The number of nitrogens with one attached hydrogen (secondary N) is 1. The molecule has 0 spiro atoms. The van der Waals surface area contributed by atoms with Crippen LogP contribution in [0, 0.1) is 12.8 Å². The summed E-state index contributed by atoms with van der Waals surface area (Å²) < 4.78 is 0. The van der Waals surface area contributed by atoms with Crippen LogP contribution >= 0.6 is 11.6 Å². The third kappa shape index (κ3) is 4.38. The molecular weight excluding hydrogens is 386 g/mol. The van der Waals surface area contributed by atoms with Crippen LogP contribution in [0.5, 0.6) is 0 Å². The van der Waals surface area contributed by atoms with Crippen LogP contribution in [0.1, 0.15) is 18.4 Å². The van der Waals surface area contributed by atoms with Crippen LogP contribution in [0.2, 0.25) is 5.02 Å². The zero-order valence-corrected chi connectivity index (χ0v) is 16.9. The van der Waals surface area contributed by atoms with Crippen molar-refractivity contribution in [1.82, 2.24) is 15.2 Å². The quantitative estimate of drug-likeness (QED) is 0.695. The Kier molecular flexibility index (Phi) is 5.71. The van der Waals surface area contributed by atoms with Crippen molar-refractivity contribution >= 4 is 29.0 Å². The Morgan fingerprint density at radius 1 is 1.07 bits per heavy atom. The topological polar surface area (TPSA) is 71.0 Å². The van der Waals surface area contributed by atoms with Gasteiger partial charge in [-0.05, 0) is 61.7 Å². The summed E-state index contributed by atoms with van der Waals surface area (Å²) in [5.41, 5.74) is 3.49. The van der Waals surface area contributed by atoms with Crippen LogP contribution in [0.25, 0.3) is 11.3 Å². The second-order valence-corrected chi connectivity index (χ2v) is 7.58. The molecule has 1 aliphatic rings. The third-order valence-corrected chi connectivity index (χ3v) is 5.75. The van der Waals surface area contributed by atoms with Crippen molar-refractivity contribution in [3.05, 3.63) is 65.4 Å². The van der Waals surface area contributed by atoms with Gasteiger partial charge in [0.25, 0.3) is 0 Å². The molecule has 7 heteroatoms. The predicted octanol–water partition coefficient (Wildman–Crippen LogP) is 4.36. The average Bonchev–Trinajstić information content (AvgIpc) is 2.78. The summed E-state index contributed by atoms with van der Waals surface area (Å²) in [4.78, 5) is 18.9. The summed E-state index contributed by atoms with van der Waals surface area (Å²) in [6, 6.07) is 13.3. The molecule has 1 N–H and O–H groups in total. The lowest BCUT2D eigenvalue weighted by atomic mass is 9.95. The van der Waals surface area contributed by atoms with E-state index in [-0.39, 0.29) is 11.8 Å². The van der Waals surface area contributed by atoms with E-state index in [2.05, 4.69) is 25.4 Å². The van der Waals surface area contributed by atoms with Gasteiger partial charge in [0.2, 0.25) is 5.91 Å². The second-order valence-electron chi connectivity index (χ2n) is 7.18. The maximum atomic E-state index is 12.7. The van der Waals surface area contributed by atoms with E-state index in [1.54, 1.807) is 12.4 Å².